The fraction of sp³-hybridized carbons (Fsp3) is 0.889. The fourth-order valence-electron chi connectivity index (χ4n) is 2.08. The molecule has 0 aromatic rings. The van der Waals surface area contributed by atoms with Gasteiger partial charge in [0, 0.05) is 0 Å². The Bertz CT molecular complexity index is 142. The molecule has 1 rings (SSSR count). The first-order valence-electron chi connectivity index (χ1n) is 4.48. The first-order valence-corrected chi connectivity index (χ1v) is 4.48. The van der Waals surface area contributed by atoms with E-state index in [-0.39, 0.29) is 5.92 Å². The van der Waals surface area contributed by atoms with Gasteiger partial charge in [-0.25, -0.2) is 0 Å². The number of carboxylic acid groups (broad SMARTS) is 1. The monoisotopic (exact) mass is 156 g/mol. The van der Waals surface area contributed by atoms with E-state index in [2.05, 4.69) is 6.92 Å². The number of carbonyl (C=O) groups is 1. The Labute approximate surface area is 67.6 Å². The minimum atomic E-state index is -0.582. The summed E-state index contributed by atoms with van der Waals surface area (Å²) in [5, 5.41) is 8.81. The number of carboxylic acids is 1. The molecule has 2 nitrogen and oxygen atoms in total. The predicted molar refractivity (Wildman–Crippen MR) is 43.4 cm³/mol. The first-order chi connectivity index (χ1) is 5.25. The average molecular weight is 156 g/mol. The van der Waals surface area contributed by atoms with Crippen molar-refractivity contribution in [3.63, 3.8) is 0 Å². The van der Waals surface area contributed by atoms with Crippen LogP contribution in [0, 0.1) is 11.8 Å². The van der Waals surface area contributed by atoms with E-state index in [0.717, 1.165) is 32.1 Å². The third-order valence-electron chi connectivity index (χ3n) is 2.64. The zero-order valence-corrected chi connectivity index (χ0v) is 7.05. The van der Waals surface area contributed by atoms with E-state index in [9.17, 15) is 4.79 Å². The summed E-state index contributed by atoms with van der Waals surface area (Å²) in [6, 6.07) is 0. The maximum absolute atomic E-state index is 10.7. The van der Waals surface area contributed by atoms with Gasteiger partial charge < -0.3 is 5.11 Å². The summed E-state index contributed by atoms with van der Waals surface area (Å²) in [7, 11) is 0. The second kappa shape index (κ2) is 3.74. The molecule has 0 unspecified atom stereocenters. The molecule has 0 aromatic heterocycles. The van der Waals surface area contributed by atoms with E-state index in [1.54, 1.807) is 0 Å². The van der Waals surface area contributed by atoms with Crippen LogP contribution >= 0.6 is 0 Å². The SMILES string of the molecule is CCC[C@H]1CCC[C@H]1C(=O)O. The number of rotatable bonds is 3. The van der Waals surface area contributed by atoms with Crippen LogP contribution in [0.25, 0.3) is 0 Å². The fourth-order valence-corrected chi connectivity index (χ4v) is 2.08. The first kappa shape index (κ1) is 8.57. The summed E-state index contributed by atoms with van der Waals surface area (Å²) in [6.45, 7) is 2.12. The van der Waals surface area contributed by atoms with Crippen molar-refractivity contribution in [2.45, 2.75) is 39.0 Å². The molecule has 64 valence electrons. The molecule has 1 fully saturated rings. The summed E-state index contributed by atoms with van der Waals surface area (Å²) in [4.78, 5) is 10.7. The van der Waals surface area contributed by atoms with Gasteiger partial charge in [-0.05, 0) is 25.2 Å². The molecule has 1 saturated carbocycles. The Hall–Kier alpha value is -0.530. The lowest BCUT2D eigenvalue weighted by molar-refractivity contribution is -0.143. The van der Waals surface area contributed by atoms with Crippen molar-refractivity contribution >= 4 is 5.97 Å². The van der Waals surface area contributed by atoms with Crippen LogP contribution in [0.2, 0.25) is 0 Å². The minimum Gasteiger partial charge on any atom is -0.481 e. The predicted octanol–water partition coefficient (Wildman–Crippen LogP) is 2.29. The maximum atomic E-state index is 10.7. The molecule has 2 atom stereocenters. The van der Waals surface area contributed by atoms with E-state index in [4.69, 9.17) is 5.11 Å². The molecule has 1 aliphatic rings. The Morgan fingerprint density at radius 2 is 2.27 bits per heavy atom. The third-order valence-corrected chi connectivity index (χ3v) is 2.64. The van der Waals surface area contributed by atoms with E-state index in [1.807, 2.05) is 0 Å². The summed E-state index contributed by atoms with van der Waals surface area (Å²) in [6.07, 6.45) is 5.36. The molecule has 0 amide bonds. The highest BCUT2D eigenvalue weighted by molar-refractivity contribution is 5.70. The second-order valence-corrected chi connectivity index (χ2v) is 3.42. The highest BCUT2D eigenvalue weighted by Crippen LogP contribution is 2.34. The van der Waals surface area contributed by atoms with Crippen molar-refractivity contribution < 1.29 is 9.90 Å². The van der Waals surface area contributed by atoms with Gasteiger partial charge >= 0.3 is 5.97 Å². The number of hydrogen-bond donors (Lipinski definition) is 1. The molecule has 1 aliphatic carbocycles. The normalized spacial score (nSPS) is 30.6. The molecular weight excluding hydrogens is 140 g/mol. The maximum Gasteiger partial charge on any atom is 0.306 e. The van der Waals surface area contributed by atoms with Crippen LogP contribution in [0.15, 0.2) is 0 Å². The molecule has 0 aliphatic heterocycles. The topological polar surface area (TPSA) is 37.3 Å². The molecular formula is C9H16O2. The summed E-state index contributed by atoms with van der Waals surface area (Å²) >= 11 is 0. The quantitative estimate of drug-likeness (QED) is 0.680. The third kappa shape index (κ3) is 1.95. The summed E-state index contributed by atoms with van der Waals surface area (Å²) < 4.78 is 0. The largest absolute Gasteiger partial charge is 0.481 e. The molecule has 0 heterocycles. The molecule has 0 radical (unpaired) electrons. The van der Waals surface area contributed by atoms with Crippen molar-refractivity contribution in [2.75, 3.05) is 0 Å². The Morgan fingerprint density at radius 3 is 2.82 bits per heavy atom. The van der Waals surface area contributed by atoms with Gasteiger partial charge in [0.25, 0.3) is 0 Å². The lowest BCUT2D eigenvalue weighted by Gasteiger charge is -2.13. The zero-order valence-electron chi connectivity index (χ0n) is 7.05. The van der Waals surface area contributed by atoms with Crippen molar-refractivity contribution in [1.29, 1.82) is 0 Å². The van der Waals surface area contributed by atoms with Crippen LogP contribution in [-0.4, -0.2) is 11.1 Å². The lowest BCUT2D eigenvalue weighted by Crippen LogP contribution is -2.17. The van der Waals surface area contributed by atoms with Gasteiger partial charge in [-0.15, -0.1) is 0 Å². The van der Waals surface area contributed by atoms with Crippen LogP contribution in [-0.2, 0) is 4.79 Å². The van der Waals surface area contributed by atoms with Crippen LogP contribution in [0.5, 0.6) is 0 Å². The van der Waals surface area contributed by atoms with Crippen molar-refractivity contribution in [2.24, 2.45) is 11.8 Å². The van der Waals surface area contributed by atoms with Crippen molar-refractivity contribution in [1.82, 2.24) is 0 Å². The second-order valence-electron chi connectivity index (χ2n) is 3.42. The molecule has 11 heavy (non-hydrogen) atoms. The van der Waals surface area contributed by atoms with Crippen LogP contribution in [0.1, 0.15) is 39.0 Å². The van der Waals surface area contributed by atoms with E-state index in [0.29, 0.717) is 5.92 Å². The van der Waals surface area contributed by atoms with Crippen molar-refractivity contribution in [3.05, 3.63) is 0 Å². The van der Waals surface area contributed by atoms with Gasteiger partial charge in [-0.1, -0.05) is 19.8 Å². The van der Waals surface area contributed by atoms with Gasteiger partial charge in [-0.3, -0.25) is 4.79 Å². The van der Waals surface area contributed by atoms with Gasteiger partial charge in [0.05, 0.1) is 5.92 Å². The highest BCUT2D eigenvalue weighted by Gasteiger charge is 2.31. The van der Waals surface area contributed by atoms with E-state index in [1.165, 1.54) is 0 Å². The van der Waals surface area contributed by atoms with Gasteiger partial charge in [0.15, 0.2) is 0 Å². The lowest BCUT2D eigenvalue weighted by atomic mass is 9.92. The van der Waals surface area contributed by atoms with Gasteiger partial charge in [0.1, 0.15) is 0 Å². The highest BCUT2D eigenvalue weighted by atomic mass is 16.4. The molecule has 0 aromatic carbocycles. The molecule has 1 N–H and O–H groups in total. The van der Waals surface area contributed by atoms with E-state index < -0.39 is 5.97 Å². The minimum absolute atomic E-state index is 0.0325. The van der Waals surface area contributed by atoms with Crippen LogP contribution < -0.4 is 0 Å². The standard InChI is InChI=1S/C9H16O2/c1-2-4-7-5-3-6-8(7)9(10)11/h7-8H,2-6H2,1H3,(H,10,11)/t7-,8+/m0/s1. The summed E-state index contributed by atoms with van der Waals surface area (Å²) in [5.41, 5.74) is 0. The van der Waals surface area contributed by atoms with E-state index >= 15 is 0 Å². The Morgan fingerprint density at radius 1 is 1.55 bits per heavy atom. The van der Waals surface area contributed by atoms with Crippen molar-refractivity contribution in [3.8, 4) is 0 Å². The van der Waals surface area contributed by atoms with Gasteiger partial charge in [-0.2, -0.15) is 0 Å². The average Bonchev–Trinajstić information content (AvgIpc) is 2.36. The number of aliphatic carboxylic acids is 1. The Kier molecular flexibility index (Phi) is 2.92. The Balaban J connectivity index is 2.44. The summed E-state index contributed by atoms with van der Waals surface area (Å²) in [5.74, 6) is -0.145. The van der Waals surface area contributed by atoms with Gasteiger partial charge in [0.2, 0.25) is 0 Å². The smallest absolute Gasteiger partial charge is 0.306 e. The molecule has 2 heteroatoms. The van der Waals surface area contributed by atoms with Crippen LogP contribution in [0.4, 0.5) is 0 Å². The molecule has 0 spiro atoms. The van der Waals surface area contributed by atoms with Crippen LogP contribution in [0.3, 0.4) is 0 Å². The molecule has 0 saturated heterocycles. The zero-order chi connectivity index (χ0) is 8.27. The molecule has 0 bridgehead atoms. The number of hydrogen-bond acceptors (Lipinski definition) is 1.